The van der Waals surface area contributed by atoms with Gasteiger partial charge in [0.05, 0.1) is 6.61 Å². The zero-order chi connectivity index (χ0) is 13.8. The summed E-state index contributed by atoms with van der Waals surface area (Å²) >= 11 is 0. The zero-order valence-electron chi connectivity index (χ0n) is 13.2. The highest BCUT2D eigenvalue weighted by Gasteiger charge is 2.46. The van der Waals surface area contributed by atoms with Crippen molar-refractivity contribution in [2.24, 2.45) is 5.92 Å². The summed E-state index contributed by atoms with van der Waals surface area (Å²) in [6.07, 6.45) is 11.0. The van der Waals surface area contributed by atoms with Crippen LogP contribution in [0.25, 0.3) is 0 Å². The first-order valence-corrected chi connectivity index (χ1v) is 8.90. The Labute approximate surface area is 124 Å². The molecule has 0 aromatic carbocycles. The van der Waals surface area contributed by atoms with Gasteiger partial charge in [-0.2, -0.15) is 0 Å². The van der Waals surface area contributed by atoms with Crippen molar-refractivity contribution in [3.05, 3.63) is 0 Å². The molecule has 0 radical (unpaired) electrons. The van der Waals surface area contributed by atoms with Gasteiger partial charge in [0, 0.05) is 37.8 Å². The minimum atomic E-state index is 0.472. The molecular weight excluding hydrogens is 248 g/mol. The number of unbranched alkanes of at least 4 members (excludes halogenated alkanes) is 1. The smallest absolute Gasteiger partial charge is 0.0593 e. The number of nitrogens with zero attached hydrogens (tertiary/aromatic N) is 1. The average molecular weight is 280 g/mol. The van der Waals surface area contributed by atoms with E-state index in [9.17, 15) is 0 Å². The minimum Gasteiger partial charge on any atom is -0.380 e. The van der Waals surface area contributed by atoms with Crippen molar-refractivity contribution in [3.63, 3.8) is 0 Å². The first kappa shape index (κ1) is 14.8. The molecule has 2 aliphatic carbocycles. The average Bonchev–Trinajstić information content (AvgIpc) is 3.21. The van der Waals surface area contributed by atoms with Crippen LogP contribution in [0.4, 0.5) is 0 Å². The third-order valence-corrected chi connectivity index (χ3v) is 5.65. The van der Waals surface area contributed by atoms with E-state index < -0.39 is 0 Å². The van der Waals surface area contributed by atoms with Crippen molar-refractivity contribution >= 4 is 0 Å². The first-order chi connectivity index (χ1) is 9.84. The van der Waals surface area contributed by atoms with Gasteiger partial charge in [0.1, 0.15) is 0 Å². The molecule has 0 aromatic heterocycles. The standard InChI is InChI=1S/C17H32N2O/c1-2-3-11-20-12-10-19-13-16(15-6-7-15)18-14-17(19)8-4-5-9-17/h15-16,18H,2-14H2,1H3. The monoisotopic (exact) mass is 280 g/mol. The number of hydrogen-bond acceptors (Lipinski definition) is 3. The molecule has 0 amide bonds. The molecule has 1 saturated heterocycles. The van der Waals surface area contributed by atoms with Crippen LogP contribution >= 0.6 is 0 Å². The molecule has 3 rings (SSSR count). The van der Waals surface area contributed by atoms with Gasteiger partial charge in [0.25, 0.3) is 0 Å². The highest BCUT2D eigenvalue weighted by Crippen LogP contribution is 2.40. The van der Waals surface area contributed by atoms with Gasteiger partial charge < -0.3 is 10.1 Å². The van der Waals surface area contributed by atoms with E-state index in [-0.39, 0.29) is 0 Å². The van der Waals surface area contributed by atoms with Crippen LogP contribution in [0.5, 0.6) is 0 Å². The summed E-state index contributed by atoms with van der Waals surface area (Å²) in [5, 5.41) is 3.87. The third kappa shape index (κ3) is 3.37. The molecule has 1 aliphatic heterocycles. The third-order valence-electron chi connectivity index (χ3n) is 5.65. The summed E-state index contributed by atoms with van der Waals surface area (Å²) in [6, 6.07) is 0.761. The lowest BCUT2D eigenvalue weighted by Crippen LogP contribution is -2.64. The summed E-state index contributed by atoms with van der Waals surface area (Å²) in [7, 11) is 0. The van der Waals surface area contributed by atoms with E-state index in [2.05, 4.69) is 17.1 Å². The zero-order valence-corrected chi connectivity index (χ0v) is 13.2. The number of hydrogen-bond donors (Lipinski definition) is 1. The van der Waals surface area contributed by atoms with Gasteiger partial charge >= 0.3 is 0 Å². The van der Waals surface area contributed by atoms with Gasteiger partial charge in [0.15, 0.2) is 0 Å². The number of piperazine rings is 1. The SMILES string of the molecule is CCCCOCCN1CC(C2CC2)NCC12CCCC2. The summed E-state index contributed by atoms with van der Waals surface area (Å²) in [6.45, 7) is 7.74. The van der Waals surface area contributed by atoms with E-state index in [1.54, 1.807) is 0 Å². The van der Waals surface area contributed by atoms with Crippen molar-refractivity contribution < 1.29 is 4.74 Å². The van der Waals surface area contributed by atoms with Gasteiger partial charge in [0.2, 0.25) is 0 Å². The molecule has 1 spiro atoms. The molecule has 1 N–H and O–H groups in total. The van der Waals surface area contributed by atoms with E-state index in [0.717, 1.165) is 31.7 Å². The highest BCUT2D eigenvalue weighted by molar-refractivity contribution is 5.04. The fourth-order valence-corrected chi connectivity index (χ4v) is 4.12. The lowest BCUT2D eigenvalue weighted by atomic mass is 9.90. The van der Waals surface area contributed by atoms with Crippen LogP contribution in [0.2, 0.25) is 0 Å². The summed E-state index contributed by atoms with van der Waals surface area (Å²) in [5.74, 6) is 0.970. The first-order valence-electron chi connectivity index (χ1n) is 8.90. The number of ether oxygens (including phenoxy) is 1. The molecule has 20 heavy (non-hydrogen) atoms. The maximum absolute atomic E-state index is 5.83. The number of nitrogens with one attached hydrogen (secondary N) is 1. The summed E-state index contributed by atoms with van der Waals surface area (Å²) in [4.78, 5) is 2.80. The maximum Gasteiger partial charge on any atom is 0.0593 e. The Bertz CT molecular complexity index is 297. The van der Waals surface area contributed by atoms with Gasteiger partial charge in [-0.3, -0.25) is 4.90 Å². The van der Waals surface area contributed by atoms with Crippen LogP contribution in [-0.4, -0.2) is 49.3 Å². The molecule has 3 fully saturated rings. The van der Waals surface area contributed by atoms with Gasteiger partial charge in [-0.25, -0.2) is 0 Å². The van der Waals surface area contributed by atoms with Gasteiger partial charge in [-0.1, -0.05) is 26.2 Å². The lowest BCUT2D eigenvalue weighted by Gasteiger charge is -2.48. The largest absolute Gasteiger partial charge is 0.380 e. The molecule has 1 atom stereocenters. The van der Waals surface area contributed by atoms with E-state index in [1.807, 2.05) is 0 Å². The van der Waals surface area contributed by atoms with E-state index >= 15 is 0 Å². The predicted octanol–water partition coefficient (Wildman–Crippen LogP) is 2.80. The fraction of sp³-hybridized carbons (Fsp3) is 1.00. The molecule has 0 bridgehead atoms. The van der Waals surface area contributed by atoms with Gasteiger partial charge in [-0.15, -0.1) is 0 Å². The lowest BCUT2D eigenvalue weighted by molar-refractivity contribution is 0.00922. The molecule has 0 aromatic rings. The van der Waals surface area contributed by atoms with Crippen LogP contribution in [0, 0.1) is 5.92 Å². The summed E-state index contributed by atoms with van der Waals surface area (Å²) in [5.41, 5.74) is 0.472. The van der Waals surface area contributed by atoms with Crippen molar-refractivity contribution in [1.29, 1.82) is 0 Å². The molecule has 3 aliphatic rings. The second-order valence-corrected chi connectivity index (χ2v) is 7.17. The highest BCUT2D eigenvalue weighted by atomic mass is 16.5. The normalized spacial score (nSPS) is 30.1. The molecule has 1 unspecified atom stereocenters. The molecule has 116 valence electrons. The molecule has 1 heterocycles. The van der Waals surface area contributed by atoms with Crippen molar-refractivity contribution in [2.45, 2.75) is 69.9 Å². The van der Waals surface area contributed by atoms with E-state index in [4.69, 9.17) is 4.74 Å². The number of rotatable bonds is 7. The van der Waals surface area contributed by atoms with Crippen LogP contribution in [0.1, 0.15) is 58.3 Å². The Kier molecular flexibility index (Phi) is 5.00. The minimum absolute atomic E-state index is 0.472. The van der Waals surface area contributed by atoms with Gasteiger partial charge in [-0.05, 0) is 38.0 Å². The van der Waals surface area contributed by atoms with E-state index in [0.29, 0.717) is 5.54 Å². The summed E-state index contributed by atoms with van der Waals surface area (Å²) < 4.78 is 5.83. The second kappa shape index (κ2) is 6.76. The second-order valence-electron chi connectivity index (χ2n) is 7.17. The van der Waals surface area contributed by atoms with E-state index in [1.165, 1.54) is 64.5 Å². The van der Waals surface area contributed by atoms with Crippen molar-refractivity contribution in [1.82, 2.24) is 10.2 Å². The Morgan fingerprint density at radius 2 is 2.00 bits per heavy atom. The fourth-order valence-electron chi connectivity index (χ4n) is 4.12. The molecule has 3 heteroatoms. The quantitative estimate of drug-likeness (QED) is 0.726. The Morgan fingerprint density at radius 3 is 2.70 bits per heavy atom. The van der Waals surface area contributed by atoms with Crippen LogP contribution in [-0.2, 0) is 4.74 Å². The van der Waals surface area contributed by atoms with Crippen molar-refractivity contribution in [2.75, 3.05) is 32.8 Å². The Hall–Kier alpha value is -0.120. The Morgan fingerprint density at radius 1 is 1.20 bits per heavy atom. The molecule has 2 saturated carbocycles. The Balaban J connectivity index is 1.51. The van der Waals surface area contributed by atoms with Crippen LogP contribution < -0.4 is 5.32 Å². The molecular formula is C17H32N2O. The van der Waals surface area contributed by atoms with Crippen LogP contribution in [0.3, 0.4) is 0 Å². The predicted molar refractivity (Wildman–Crippen MR) is 83.0 cm³/mol. The maximum atomic E-state index is 5.83. The van der Waals surface area contributed by atoms with Crippen LogP contribution in [0.15, 0.2) is 0 Å². The molecule has 3 nitrogen and oxygen atoms in total. The van der Waals surface area contributed by atoms with Crippen molar-refractivity contribution in [3.8, 4) is 0 Å². The topological polar surface area (TPSA) is 24.5 Å².